The van der Waals surface area contributed by atoms with Crippen LogP contribution in [0.2, 0.25) is 0 Å². The summed E-state index contributed by atoms with van der Waals surface area (Å²) in [6.45, 7) is 1.84. The van der Waals surface area contributed by atoms with Crippen LogP contribution in [-0.2, 0) is 9.59 Å². The summed E-state index contributed by atoms with van der Waals surface area (Å²) in [7, 11) is 0. The van der Waals surface area contributed by atoms with E-state index in [-0.39, 0.29) is 13.0 Å². The molecule has 19 heavy (non-hydrogen) atoms. The Balaban J connectivity index is 3.08. The third kappa shape index (κ3) is 2.99. The molecule has 110 valence electrons. The van der Waals surface area contributed by atoms with Crippen molar-refractivity contribution in [2.45, 2.75) is 32.5 Å². The highest BCUT2D eigenvalue weighted by Gasteiger charge is 2.62. The summed E-state index contributed by atoms with van der Waals surface area (Å²) in [5.74, 6) is -2.49. The average Bonchev–Trinajstić information content (AvgIpc) is 2.73. The number of hydrogen-bond acceptors (Lipinski definition) is 3. The lowest BCUT2D eigenvalue weighted by Crippen LogP contribution is -2.56. The van der Waals surface area contributed by atoms with Gasteiger partial charge in [-0.2, -0.15) is 13.2 Å². The molecule has 1 saturated heterocycles. The van der Waals surface area contributed by atoms with Crippen molar-refractivity contribution in [1.82, 2.24) is 10.2 Å². The van der Waals surface area contributed by atoms with Gasteiger partial charge in [0, 0.05) is 12.6 Å². The fourth-order valence-electron chi connectivity index (χ4n) is 2.15. The molecule has 0 aromatic heterocycles. The Bertz CT molecular complexity index is 363. The second kappa shape index (κ2) is 5.36. The fraction of sp³-hybridized carbons (Fsp3) is 0.818. The van der Waals surface area contributed by atoms with Crippen molar-refractivity contribution in [3.8, 4) is 0 Å². The summed E-state index contributed by atoms with van der Waals surface area (Å²) in [5.41, 5.74) is -2.51. The Labute approximate surface area is 108 Å². The van der Waals surface area contributed by atoms with Gasteiger partial charge in [-0.05, 0) is 26.8 Å². The smallest absolute Gasteiger partial charge is 0.404 e. The molecule has 0 saturated carbocycles. The van der Waals surface area contributed by atoms with Crippen LogP contribution in [0.25, 0.3) is 0 Å². The first-order valence-electron chi connectivity index (χ1n) is 5.92. The van der Waals surface area contributed by atoms with Crippen molar-refractivity contribution in [2.75, 3.05) is 19.6 Å². The second-order valence-electron chi connectivity index (χ2n) is 4.93. The van der Waals surface area contributed by atoms with Crippen molar-refractivity contribution in [1.29, 1.82) is 0 Å². The van der Waals surface area contributed by atoms with Gasteiger partial charge in [-0.1, -0.05) is 0 Å². The molecule has 5 nitrogen and oxygen atoms in total. The number of rotatable bonds is 4. The number of amides is 1. The van der Waals surface area contributed by atoms with Gasteiger partial charge in [0.25, 0.3) is 0 Å². The number of carbonyl (C=O) groups excluding carboxylic acids is 1. The van der Waals surface area contributed by atoms with E-state index in [4.69, 9.17) is 5.11 Å². The quantitative estimate of drug-likeness (QED) is 0.802. The van der Waals surface area contributed by atoms with E-state index >= 15 is 0 Å². The van der Waals surface area contributed by atoms with Gasteiger partial charge in [-0.3, -0.25) is 9.59 Å². The summed E-state index contributed by atoms with van der Waals surface area (Å²) in [5, 5.41) is 11.3. The molecule has 0 spiro atoms. The normalized spacial score (nSPS) is 23.7. The van der Waals surface area contributed by atoms with Crippen LogP contribution in [0.4, 0.5) is 13.2 Å². The van der Waals surface area contributed by atoms with E-state index in [0.717, 1.165) is 4.90 Å². The summed E-state index contributed by atoms with van der Waals surface area (Å²) in [6.07, 6.45) is -5.06. The molecule has 1 rings (SSSR count). The molecule has 1 atom stereocenters. The van der Waals surface area contributed by atoms with Crippen LogP contribution < -0.4 is 5.32 Å². The summed E-state index contributed by atoms with van der Waals surface area (Å²) in [4.78, 5) is 23.7. The monoisotopic (exact) mass is 282 g/mol. The van der Waals surface area contributed by atoms with Gasteiger partial charge in [0.1, 0.15) is 6.54 Å². The molecule has 8 heteroatoms. The third-order valence-corrected chi connectivity index (χ3v) is 3.30. The van der Waals surface area contributed by atoms with Gasteiger partial charge in [0.05, 0.1) is 0 Å². The van der Waals surface area contributed by atoms with Crippen LogP contribution in [0.5, 0.6) is 0 Å². The maximum Gasteiger partial charge on any atom is 0.404 e. The highest BCUT2D eigenvalue weighted by Crippen LogP contribution is 2.44. The van der Waals surface area contributed by atoms with Crippen molar-refractivity contribution < 1.29 is 27.9 Å². The third-order valence-electron chi connectivity index (χ3n) is 3.30. The maximum absolute atomic E-state index is 13.2. The summed E-state index contributed by atoms with van der Waals surface area (Å²) in [6, 6.07) is -0.608. The molecule has 0 aliphatic carbocycles. The Morgan fingerprint density at radius 2 is 2.00 bits per heavy atom. The van der Waals surface area contributed by atoms with Crippen molar-refractivity contribution >= 4 is 11.9 Å². The average molecular weight is 282 g/mol. The van der Waals surface area contributed by atoms with Crippen LogP contribution in [0.15, 0.2) is 0 Å². The number of carbonyl (C=O) groups is 2. The van der Waals surface area contributed by atoms with E-state index in [0.29, 0.717) is 0 Å². The Morgan fingerprint density at radius 3 is 2.32 bits per heavy atom. The molecule has 1 aliphatic rings. The predicted molar refractivity (Wildman–Crippen MR) is 60.5 cm³/mol. The Hall–Kier alpha value is -1.31. The largest absolute Gasteiger partial charge is 0.480 e. The minimum absolute atomic E-state index is 0.0876. The molecule has 0 bridgehead atoms. The molecule has 1 unspecified atom stereocenters. The lowest BCUT2D eigenvalue weighted by molar-refractivity contribution is -0.223. The van der Waals surface area contributed by atoms with Gasteiger partial charge in [-0.15, -0.1) is 0 Å². The lowest BCUT2D eigenvalue weighted by atomic mass is 9.84. The topological polar surface area (TPSA) is 69.6 Å². The van der Waals surface area contributed by atoms with Crippen molar-refractivity contribution in [3.63, 3.8) is 0 Å². The van der Waals surface area contributed by atoms with E-state index in [2.05, 4.69) is 5.32 Å². The summed E-state index contributed by atoms with van der Waals surface area (Å²) >= 11 is 0. The number of nitrogens with zero attached hydrogens (tertiary/aromatic N) is 1. The van der Waals surface area contributed by atoms with E-state index in [1.165, 1.54) is 13.8 Å². The van der Waals surface area contributed by atoms with E-state index in [9.17, 15) is 22.8 Å². The van der Waals surface area contributed by atoms with Gasteiger partial charge in [-0.25, -0.2) is 0 Å². The number of alkyl halides is 3. The Morgan fingerprint density at radius 1 is 1.42 bits per heavy atom. The van der Waals surface area contributed by atoms with Gasteiger partial charge in [0.15, 0.2) is 5.41 Å². The molecule has 1 fully saturated rings. The number of hydrogen-bond donors (Lipinski definition) is 2. The van der Waals surface area contributed by atoms with Crippen LogP contribution in [0.1, 0.15) is 20.3 Å². The summed E-state index contributed by atoms with van der Waals surface area (Å²) < 4.78 is 39.6. The number of nitrogens with one attached hydrogen (secondary N) is 1. The highest BCUT2D eigenvalue weighted by atomic mass is 19.4. The van der Waals surface area contributed by atoms with Crippen LogP contribution in [0, 0.1) is 5.41 Å². The lowest BCUT2D eigenvalue weighted by Gasteiger charge is -2.36. The van der Waals surface area contributed by atoms with Crippen LogP contribution >= 0.6 is 0 Å². The van der Waals surface area contributed by atoms with Crippen molar-refractivity contribution in [2.24, 2.45) is 5.41 Å². The molecule has 2 N–H and O–H groups in total. The van der Waals surface area contributed by atoms with Gasteiger partial charge < -0.3 is 15.3 Å². The molecule has 0 aromatic rings. The second-order valence-corrected chi connectivity index (χ2v) is 4.93. The van der Waals surface area contributed by atoms with Crippen LogP contribution in [0.3, 0.4) is 0 Å². The number of carboxylic acid groups (broad SMARTS) is 1. The van der Waals surface area contributed by atoms with Crippen molar-refractivity contribution in [3.05, 3.63) is 0 Å². The maximum atomic E-state index is 13.2. The van der Waals surface area contributed by atoms with E-state index < -0.39 is 42.6 Å². The molecular weight excluding hydrogens is 265 g/mol. The minimum Gasteiger partial charge on any atom is -0.480 e. The zero-order chi connectivity index (χ0) is 14.8. The highest BCUT2D eigenvalue weighted by molar-refractivity contribution is 5.87. The molecule has 0 radical (unpaired) electrons. The number of halogens is 3. The number of carboxylic acids is 1. The molecule has 1 aliphatic heterocycles. The Kier molecular flexibility index (Phi) is 4.44. The molecule has 1 heterocycles. The van der Waals surface area contributed by atoms with E-state index in [1.54, 1.807) is 0 Å². The number of aliphatic carboxylic acids is 1. The van der Waals surface area contributed by atoms with E-state index in [1.807, 2.05) is 0 Å². The van der Waals surface area contributed by atoms with Gasteiger partial charge in [0.2, 0.25) is 5.91 Å². The minimum atomic E-state index is -4.70. The van der Waals surface area contributed by atoms with Gasteiger partial charge >= 0.3 is 12.1 Å². The first kappa shape index (κ1) is 15.7. The standard InChI is InChI=1S/C11H17F3N2O3/c1-7(2)16(5-8(17)18)9(19)10(11(12,13)14)3-4-15-6-10/h7,15H,3-6H2,1-2H3,(H,17,18). The fourth-order valence-corrected chi connectivity index (χ4v) is 2.15. The molecule has 0 aromatic carbocycles. The molecular formula is C11H17F3N2O3. The zero-order valence-electron chi connectivity index (χ0n) is 10.8. The zero-order valence-corrected chi connectivity index (χ0v) is 10.8. The van der Waals surface area contributed by atoms with Crippen LogP contribution in [-0.4, -0.2) is 53.7 Å². The first-order valence-corrected chi connectivity index (χ1v) is 5.92. The SMILES string of the molecule is CC(C)N(CC(=O)O)C(=O)C1(C(F)(F)F)CCNC1. The predicted octanol–water partition coefficient (Wildman–Crippen LogP) is 0.850. The first-order chi connectivity index (χ1) is 8.62. The molecule has 1 amide bonds.